The number of rotatable bonds is 10. The third kappa shape index (κ3) is 12.2. The topological polar surface area (TPSA) is 169 Å². The molecule has 0 heterocycles. The van der Waals surface area contributed by atoms with Crippen LogP contribution in [0.2, 0.25) is 0 Å². The number of aliphatic hydroxyl groups excluding tert-OH is 1. The van der Waals surface area contributed by atoms with Crippen molar-refractivity contribution in [1.82, 2.24) is 0 Å². The molecule has 0 bridgehead atoms. The highest BCUT2D eigenvalue weighted by Gasteiger charge is 2.19. The van der Waals surface area contributed by atoms with E-state index in [-0.39, 0.29) is 53.8 Å². The molecule has 5 aromatic carbocycles. The summed E-state index contributed by atoms with van der Waals surface area (Å²) in [6.45, 7) is 0.824. The van der Waals surface area contributed by atoms with Crippen LogP contribution in [0.4, 0.5) is 0 Å². The van der Waals surface area contributed by atoms with Crippen molar-refractivity contribution in [2.75, 3.05) is 26.4 Å². The van der Waals surface area contributed by atoms with Gasteiger partial charge in [-0.15, -0.1) is 0 Å². The molecule has 0 atom stereocenters. The lowest BCUT2D eigenvalue weighted by Crippen LogP contribution is -2.13. The van der Waals surface area contributed by atoms with Gasteiger partial charge in [0, 0.05) is 0 Å². The van der Waals surface area contributed by atoms with E-state index in [1.165, 1.54) is 60.7 Å². The SMILES string of the molecule is O=C(OC(=O)c1ccccc1O)c1ccccc1O.O=C(OCCOc1ccccc1)c1ccccc1O.OCCOc1ccccc1. The fourth-order valence-corrected chi connectivity index (χ4v) is 3.70. The summed E-state index contributed by atoms with van der Waals surface area (Å²) in [6.07, 6.45) is 0. The normalized spacial score (nSPS) is 9.77. The average molecular weight is 655 g/mol. The molecule has 5 rings (SSSR count). The maximum Gasteiger partial charge on any atom is 0.349 e. The zero-order chi connectivity index (χ0) is 34.6. The van der Waals surface area contributed by atoms with Crippen molar-refractivity contribution in [3.63, 3.8) is 0 Å². The van der Waals surface area contributed by atoms with E-state index in [1.807, 2.05) is 60.7 Å². The Kier molecular flexibility index (Phi) is 15.0. The van der Waals surface area contributed by atoms with Crippen LogP contribution in [0.3, 0.4) is 0 Å². The first-order valence-corrected chi connectivity index (χ1v) is 14.5. The van der Waals surface area contributed by atoms with Crippen LogP contribution in [0.25, 0.3) is 0 Å². The molecule has 0 aliphatic rings. The molecule has 0 spiro atoms. The number of phenols is 3. The van der Waals surface area contributed by atoms with E-state index in [1.54, 1.807) is 12.1 Å². The molecule has 0 aliphatic heterocycles. The standard InChI is InChI=1S/C15H14O4.C14H10O5.C8H10O2/c16-14-9-5-4-8-13(14)15(17)19-11-10-18-12-6-2-1-3-7-12;15-11-7-3-1-5-9(11)13(17)19-14(18)10-6-2-4-8-12(10)16;9-6-7-10-8-4-2-1-3-5-8/h1-9,16H,10-11H2;1-8,15-16H;1-5,9H,6-7H2. The number of hydrogen-bond acceptors (Lipinski definition) is 11. The van der Waals surface area contributed by atoms with Crippen LogP contribution in [-0.2, 0) is 9.47 Å². The van der Waals surface area contributed by atoms with E-state index >= 15 is 0 Å². The van der Waals surface area contributed by atoms with Gasteiger partial charge in [-0.05, 0) is 60.7 Å². The molecule has 0 saturated heterocycles. The van der Waals surface area contributed by atoms with Gasteiger partial charge in [0.05, 0.1) is 6.61 Å². The van der Waals surface area contributed by atoms with Gasteiger partial charge in [-0.1, -0.05) is 72.8 Å². The van der Waals surface area contributed by atoms with E-state index in [0.717, 1.165) is 11.5 Å². The van der Waals surface area contributed by atoms with Gasteiger partial charge < -0.3 is 39.4 Å². The fraction of sp³-hybridized carbons (Fsp3) is 0.108. The van der Waals surface area contributed by atoms with Gasteiger partial charge in [0.15, 0.2) is 0 Å². The Bertz CT molecular complexity index is 1670. The molecule has 0 fully saturated rings. The number of benzene rings is 5. The molecule has 11 nitrogen and oxygen atoms in total. The zero-order valence-electron chi connectivity index (χ0n) is 25.7. The molecule has 48 heavy (non-hydrogen) atoms. The van der Waals surface area contributed by atoms with Crippen molar-refractivity contribution in [2.24, 2.45) is 0 Å². The van der Waals surface area contributed by atoms with Crippen molar-refractivity contribution in [3.05, 3.63) is 150 Å². The van der Waals surface area contributed by atoms with Gasteiger partial charge in [-0.2, -0.15) is 0 Å². The quantitative estimate of drug-likeness (QED) is 0.0818. The summed E-state index contributed by atoms with van der Waals surface area (Å²) in [5.41, 5.74) is -0.0836. The molecule has 0 amide bonds. The molecule has 248 valence electrons. The van der Waals surface area contributed by atoms with Gasteiger partial charge in [-0.3, -0.25) is 0 Å². The van der Waals surface area contributed by atoms with Crippen molar-refractivity contribution in [1.29, 1.82) is 0 Å². The van der Waals surface area contributed by atoms with E-state index in [4.69, 9.17) is 19.3 Å². The molecule has 11 heteroatoms. The average Bonchev–Trinajstić information content (AvgIpc) is 3.11. The highest BCUT2D eigenvalue weighted by atomic mass is 16.6. The Balaban J connectivity index is 0.000000205. The number of carbonyl (C=O) groups excluding carboxylic acids is 3. The Morgan fingerprint density at radius 1 is 0.438 bits per heavy atom. The number of aromatic hydroxyl groups is 3. The maximum absolute atomic E-state index is 11.7. The summed E-state index contributed by atoms with van der Waals surface area (Å²) in [4.78, 5) is 35.0. The minimum atomic E-state index is -0.980. The summed E-state index contributed by atoms with van der Waals surface area (Å²) in [7, 11) is 0. The second-order valence-corrected chi connectivity index (χ2v) is 9.41. The van der Waals surface area contributed by atoms with Gasteiger partial charge in [0.2, 0.25) is 0 Å². The third-order valence-corrected chi connectivity index (χ3v) is 5.99. The first kappa shape index (κ1) is 36.1. The van der Waals surface area contributed by atoms with E-state index in [2.05, 4.69) is 4.74 Å². The molecule has 4 N–H and O–H groups in total. The second kappa shape index (κ2) is 19.9. The molecule has 0 aromatic heterocycles. The lowest BCUT2D eigenvalue weighted by atomic mass is 10.2. The third-order valence-electron chi connectivity index (χ3n) is 5.99. The van der Waals surface area contributed by atoms with Crippen LogP contribution >= 0.6 is 0 Å². The predicted octanol–water partition coefficient (Wildman–Crippen LogP) is 5.78. The van der Waals surface area contributed by atoms with Crippen LogP contribution in [0, 0.1) is 0 Å². The molecular weight excluding hydrogens is 620 g/mol. The van der Waals surface area contributed by atoms with Gasteiger partial charge in [0.25, 0.3) is 0 Å². The van der Waals surface area contributed by atoms with E-state index in [0.29, 0.717) is 6.61 Å². The lowest BCUT2D eigenvalue weighted by molar-refractivity contribution is 0.0391. The summed E-state index contributed by atoms with van der Waals surface area (Å²) in [5.74, 6) is -1.64. The number of esters is 3. The summed E-state index contributed by atoms with van der Waals surface area (Å²) < 4.78 is 20.1. The Morgan fingerprint density at radius 2 is 0.792 bits per heavy atom. The number of aliphatic hydroxyl groups is 1. The lowest BCUT2D eigenvalue weighted by Gasteiger charge is -2.07. The molecule has 0 unspecified atom stereocenters. The van der Waals surface area contributed by atoms with Crippen molar-refractivity contribution in [2.45, 2.75) is 0 Å². The number of ether oxygens (including phenoxy) is 4. The highest BCUT2D eigenvalue weighted by molar-refractivity contribution is 6.04. The van der Waals surface area contributed by atoms with Crippen LogP contribution in [-0.4, -0.2) is 64.8 Å². The van der Waals surface area contributed by atoms with Crippen LogP contribution in [0.15, 0.2) is 133 Å². The van der Waals surface area contributed by atoms with Gasteiger partial charge >= 0.3 is 17.9 Å². The largest absolute Gasteiger partial charge is 0.507 e. The Labute approximate surface area is 276 Å². The minimum Gasteiger partial charge on any atom is -0.507 e. The summed E-state index contributed by atoms with van der Waals surface area (Å²) in [5, 5.41) is 36.8. The number of hydrogen-bond donors (Lipinski definition) is 4. The van der Waals surface area contributed by atoms with Crippen molar-refractivity contribution in [3.8, 4) is 28.7 Å². The Hall–Kier alpha value is -6.33. The van der Waals surface area contributed by atoms with Crippen LogP contribution in [0.5, 0.6) is 28.7 Å². The van der Waals surface area contributed by atoms with Crippen LogP contribution < -0.4 is 9.47 Å². The predicted molar refractivity (Wildman–Crippen MR) is 175 cm³/mol. The zero-order valence-corrected chi connectivity index (χ0v) is 25.7. The van der Waals surface area contributed by atoms with E-state index in [9.17, 15) is 29.7 Å². The molecule has 0 radical (unpaired) electrons. The molecule has 5 aromatic rings. The first-order valence-electron chi connectivity index (χ1n) is 14.5. The fourth-order valence-electron chi connectivity index (χ4n) is 3.70. The smallest absolute Gasteiger partial charge is 0.349 e. The molecular formula is C37H34O11. The van der Waals surface area contributed by atoms with Crippen molar-refractivity contribution < 1.29 is 53.8 Å². The van der Waals surface area contributed by atoms with E-state index < -0.39 is 17.9 Å². The second-order valence-electron chi connectivity index (χ2n) is 9.41. The van der Waals surface area contributed by atoms with Gasteiger partial charge in [-0.25, -0.2) is 14.4 Å². The monoisotopic (exact) mass is 654 g/mol. The number of para-hydroxylation sites is 5. The molecule has 0 aliphatic carbocycles. The summed E-state index contributed by atoms with van der Waals surface area (Å²) >= 11 is 0. The number of phenolic OH excluding ortho intramolecular Hbond substituents is 3. The molecule has 0 saturated carbocycles. The highest BCUT2D eigenvalue weighted by Crippen LogP contribution is 2.20. The van der Waals surface area contributed by atoms with Crippen LogP contribution in [0.1, 0.15) is 31.1 Å². The van der Waals surface area contributed by atoms with Gasteiger partial charge in [0.1, 0.15) is 65.3 Å². The minimum absolute atomic E-state index is 0.0644. The maximum atomic E-state index is 11.7. The first-order chi connectivity index (χ1) is 23.3. The number of carbonyl (C=O) groups is 3. The Morgan fingerprint density at radius 3 is 1.19 bits per heavy atom. The van der Waals surface area contributed by atoms with Crippen molar-refractivity contribution >= 4 is 17.9 Å². The summed E-state index contributed by atoms with van der Waals surface area (Å²) in [6, 6.07) is 36.4.